The van der Waals surface area contributed by atoms with Gasteiger partial charge in [-0.2, -0.15) is 4.31 Å². The van der Waals surface area contributed by atoms with Crippen LogP contribution in [0.1, 0.15) is 24.8 Å². The van der Waals surface area contributed by atoms with Crippen molar-refractivity contribution >= 4 is 22.4 Å². The van der Waals surface area contributed by atoms with Crippen LogP contribution < -0.4 is 5.32 Å². The Kier molecular flexibility index (Phi) is 7.13. The highest BCUT2D eigenvalue weighted by Crippen LogP contribution is 2.26. The van der Waals surface area contributed by atoms with Gasteiger partial charge in [-0.1, -0.05) is 18.2 Å². The Morgan fingerprint density at radius 2 is 1.86 bits per heavy atom. The molecular weight excluding hydrogens is 308 g/mol. The number of nitrogens with one attached hydrogen (secondary N) is 1. The lowest BCUT2D eigenvalue weighted by molar-refractivity contribution is 0.263. The Labute approximate surface area is 134 Å². The highest BCUT2D eigenvalue weighted by atomic mass is 35.5. The lowest BCUT2D eigenvalue weighted by Crippen LogP contribution is -2.39. The van der Waals surface area contributed by atoms with Crippen LogP contribution in [0, 0.1) is 12.8 Å². The number of halogens is 1. The summed E-state index contributed by atoms with van der Waals surface area (Å²) in [6, 6.07) is 7.22. The third kappa shape index (κ3) is 4.42. The Morgan fingerprint density at radius 1 is 1.24 bits per heavy atom. The van der Waals surface area contributed by atoms with Gasteiger partial charge < -0.3 is 5.32 Å². The molecule has 0 amide bonds. The van der Waals surface area contributed by atoms with Crippen LogP contribution in [0.5, 0.6) is 0 Å². The second-order valence-corrected chi connectivity index (χ2v) is 7.41. The minimum absolute atomic E-state index is 0. The summed E-state index contributed by atoms with van der Waals surface area (Å²) in [4.78, 5) is 0.452. The number of rotatable bonds is 5. The van der Waals surface area contributed by atoms with Crippen LogP contribution in [0.25, 0.3) is 0 Å². The van der Waals surface area contributed by atoms with Crippen molar-refractivity contribution in [3.05, 3.63) is 29.8 Å². The SMILES string of the molecule is CNCCC1CCN(S(=O)(=O)c2ccccc2C)CC1.Cl. The normalized spacial score (nSPS) is 17.4. The molecule has 1 aromatic rings. The summed E-state index contributed by atoms with van der Waals surface area (Å²) in [5.74, 6) is 0.644. The van der Waals surface area contributed by atoms with Crippen molar-refractivity contribution in [3.63, 3.8) is 0 Å². The molecule has 0 atom stereocenters. The first-order valence-electron chi connectivity index (χ1n) is 7.26. The lowest BCUT2D eigenvalue weighted by atomic mass is 9.95. The Morgan fingerprint density at radius 3 is 2.43 bits per heavy atom. The molecule has 1 heterocycles. The Balaban J connectivity index is 0.00000220. The van der Waals surface area contributed by atoms with E-state index < -0.39 is 10.0 Å². The summed E-state index contributed by atoms with van der Waals surface area (Å²) in [6.07, 6.45) is 3.06. The van der Waals surface area contributed by atoms with Gasteiger partial charge in [0.2, 0.25) is 10.0 Å². The molecule has 0 saturated carbocycles. The molecule has 1 aromatic carbocycles. The van der Waals surface area contributed by atoms with Crippen LogP contribution in [-0.2, 0) is 10.0 Å². The van der Waals surface area contributed by atoms with Crippen molar-refractivity contribution in [1.29, 1.82) is 0 Å². The first kappa shape index (κ1) is 18.4. The molecule has 0 spiro atoms. The average Bonchev–Trinajstić information content (AvgIpc) is 2.46. The molecule has 4 nitrogen and oxygen atoms in total. The number of hydrogen-bond acceptors (Lipinski definition) is 3. The van der Waals surface area contributed by atoms with Crippen LogP contribution in [0.4, 0.5) is 0 Å². The summed E-state index contributed by atoms with van der Waals surface area (Å²) < 4.78 is 26.9. The molecule has 0 aromatic heterocycles. The molecule has 120 valence electrons. The molecule has 0 unspecified atom stereocenters. The van der Waals surface area contributed by atoms with Gasteiger partial charge in [-0.05, 0) is 57.3 Å². The van der Waals surface area contributed by atoms with Gasteiger partial charge in [0, 0.05) is 13.1 Å². The Hall–Kier alpha value is -0.620. The largest absolute Gasteiger partial charge is 0.320 e. The maximum Gasteiger partial charge on any atom is 0.243 e. The topological polar surface area (TPSA) is 49.4 Å². The molecule has 1 saturated heterocycles. The lowest BCUT2D eigenvalue weighted by Gasteiger charge is -2.31. The number of sulfonamides is 1. The van der Waals surface area contributed by atoms with Crippen molar-refractivity contribution in [3.8, 4) is 0 Å². The summed E-state index contributed by atoms with van der Waals surface area (Å²) in [5, 5.41) is 3.16. The molecule has 1 fully saturated rings. The van der Waals surface area contributed by atoms with E-state index in [4.69, 9.17) is 0 Å². The number of hydrogen-bond donors (Lipinski definition) is 1. The van der Waals surface area contributed by atoms with Crippen LogP contribution in [0.2, 0.25) is 0 Å². The number of aryl methyl sites for hydroxylation is 1. The summed E-state index contributed by atoms with van der Waals surface area (Å²) in [5.41, 5.74) is 0.824. The van der Waals surface area contributed by atoms with Gasteiger partial charge in [0.15, 0.2) is 0 Å². The van der Waals surface area contributed by atoms with E-state index in [9.17, 15) is 8.42 Å². The van der Waals surface area contributed by atoms with E-state index in [0.29, 0.717) is 23.9 Å². The minimum atomic E-state index is -3.32. The van der Waals surface area contributed by atoms with Crippen molar-refractivity contribution in [2.24, 2.45) is 5.92 Å². The molecule has 0 radical (unpaired) electrons. The van der Waals surface area contributed by atoms with Crippen molar-refractivity contribution in [1.82, 2.24) is 9.62 Å². The molecule has 1 N–H and O–H groups in total. The summed E-state index contributed by atoms with van der Waals surface area (Å²) in [6.45, 7) is 4.15. The van der Waals surface area contributed by atoms with E-state index in [0.717, 1.165) is 31.4 Å². The van der Waals surface area contributed by atoms with E-state index in [1.165, 1.54) is 0 Å². The van der Waals surface area contributed by atoms with E-state index in [1.807, 2.05) is 26.1 Å². The highest BCUT2D eigenvalue weighted by molar-refractivity contribution is 7.89. The average molecular weight is 333 g/mol. The van der Waals surface area contributed by atoms with E-state index >= 15 is 0 Å². The predicted octanol–water partition coefficient (Wildman–Crippen LogP) is 2.43. The molecule has 0 aliphatic carbocycles. The van der Waals surface area contributed by atoms with Gasteiger partial charge >= 0.3 is 0 Å². The predicted molar refractivity (Wildman–Crippen MR) is 88.5 cm³/mol. The molecule has 0 bridgehead atoms. The molecule has 2 rings (SSSR count). The molecule has 21 heavy (non-hydrogen) atoms. The maximum absolute atomic E-state index is 12.6. The van der Waals surface area contributed by atoms with Crippen molar-refractivity contribution in [2.75, 3.05) is 26.7 Å². The number of benzene rings is 1. The zero-order valence-corrected chi connectivity index (χ0v) is 14.3. The zero-order valence-electron chi connectivity index (χ0n) is 12.7. The standard InChI is InChI=1S/C15H24N2O2S.ClH/c1-13-5-3-4-6-15(13)20(18,19)17-11-8-14(9-12-17)7-10-16-2;/h3-6,14,16H,7-12H2,1-2H3;1H. The Bertz CT molecular complexity index is 540. The van der Waals surface area contributed by atoms with Gasteiger partial charge in [0.25, 0.3) is 0 Å². The second kappa shape index (κ2) is 8.13. The van der Waals surface area contributed by atoms with Crippen LogP contribution in [0.15, 0.2) is 29.2 Å². The van der Waals surface area contributed by atoms with Crippen molar-refractivity contribution < 1.29 is 8.42 Å². The quantitative estimate of drug-likeness (QED) is 0.901. The van der Waals surface area contributed by atoms with Crippen LogP contribution in [-0.4, -0.2) is 39.4 Å². The van der Waals surface area contributed by atoms with E-state index in [-0.39, 0.29) is 12.4 Å². The smallest absolute Gasteiger partial charge is 0.243 e. The maximum atomic E-state index is 12.6. The molecular formula is C15H25ClN2O2S. The first-order valence-corrected chi connectivity index (χ1v) is 8.70. The fourth-order valence-corrected chi connectivity index (χ4v) is 4.47. The summed E-state index contributed by atoms with van der Waals surface area (Å²) >= 11 is 0. The van der Waals surface area contributed by atoms with Crippen LogP contribution in [0.3, 0.4) is 0 Å². The monoisotopic (exact) mass is 332 g/mol. The number of nitrogens with zero attached hydrogens (tertiary/aromatic N) is 1. The third-order valence-corrected chi connectivity index (χ3v) is 6.15. The van der Waals surface area contributed by atoms with Crippen LogP contribution >= 0.6 is 12.4 Å². The second-order valence-electron chi connectivity index (χ2n) is 5.51. The molecule has 1 aliphatic rings. The minimum Gasteiger partial charge on any atom is -0.320 e. The van der Waals surface area contributed by atoms with Gasteiger partial charge in [-0.15, -0.1) is 12.4 Å². The first-order chi connectivity index (χ1) is 9.55. The number of piperidine rings is 1. The van der Waals surface area contributed by atoms with Gasteiger partial charge in [0.05, 0.1) is 4.90 Å². The summed E-state index contributed by atoms with van der Waals surface area (Å²) in [7, 11) is -1.36. The highest BCUT2D eigenvalue weighted by Gasteiger charge is 2.29. The van der Waals surface area contributed by atoms with Crippen molar-refractivity contribution in [2.45, 2.75) is 31.1 Å². The van der Waals surface area contributed by atoms with E-state index in [2.05, 4.69) is 5.32 Å². The molecule has 6 heteroatoms. The van der Waals surface area contributed by atoms with Gasteiger partial charge in [-0.3, -0.25) is 0 Å². The van der Waals surface area contributed by atoms with Gasteiger partial charge in [-0.25, -0.2) is 8.42 Å². The fraction of sp³-hybridized carbons (Fsp3) is 0.600. The third-order valence-electron chi connectivity index (χ3n) is 4.09. The van der Waals surface area contributed by atoms with E-state index in [1.54, 1.807) is 16.4 Å². The zero-order chi connectivity index (χ0) is 14.6. The van der Waals surface area contributed by atoms with Gasteiger partial charge in [0.1, 0.15) is 0 Å². The fourth-order valence-electron chi connectivity index (χ4n) is 2.77. The molecule has 1 aliphatic heterocycles.